The lowest BCUT2D eigenvalue weighted by Crippen LogP contribution is -2.39. The van der Waals surface area contributed by atoms with E-state index in [-0.39, 0.29) is 5.91 Å². The van der Waals surface area contributed by atoms with Crippen LogP contribution in [0.4, 0.5) is 5.69 Å². The molecule has 148 valence electrons. The number of carbonyl (C=O) groups excluding carboxylic acids is 1. The standard InChI is InChI=1S/C21H30N2O3S/c1-15-3-2-10-23(14-15)27(25,26)20-8-6-19(7-9-20)22-21(24)13-18-12-16-4-5-17(18)11-16/h6-9,15-18H,2-5,10-14H2,1H3,(H,22,24). The molecular weight excluding hydrogens is 360 g/mol. The number of nitrogens with zero attached hydrogens (tertiary/aromatic N) is 1. The number of piperidine rings is 1. The van der Waals surface area contributed by atoms with Crippen molar-refractivity contribution < 1.29 is 13.2 Å². The van der Waals surface area contributed by atoms with E-state index in [0.717, 1.165) is 24.7 Å². The fourth-order valence-corrected chi connectivity index (χ4v) is 6.90. The summed E-state index contributed by atoms with van der Waals surface area (Å²) in [4.78, 5) is 12.7. The van der Waals surface area contributed by atoms with Crippen molar-refractivity contribution in [1.29, 1.82) is 0 Å². The van der Waals surface area contributed by atoms with E-state index < -0.39 is 10.0 Å². The maximum Gasteiger partial charge on any atom is 0.243 e. The second-order valence-corrected chi connectivity index (χ2v) is 10.8. The van der Waals surface area contributed by atoms with Gasteiger partial charge in [-0.2, -0.15) is 4.31 Å². The summed E-state index contributed by atoms with van der Waals surface area (Å²) in [6, 6.07) is 6.64. The van der Waals surface area contributed by atoms with Crippen molar-refractivity contribution in [3.05, 3.63) is 24.3 Å². The van der Waals surface area contributed by atoms with E-state index in [1.807, 2.05) is 0 Å². The highest BCUT2D eigenvalue weighted by atomic mass is 32.2. The number of hydrogen-bond donors (Lipinski definition) is 1. The average molecular weight is 391 g/mol. The molecule has 1 amide bonds. The van der Waals surface area contributed by atoms with Crippen LogP contribution < -0.4 is 5.32 Å². The molecule has 0 spiro atoms. The Morgan fingerprint density at radius 1 is 1.15 bits per heavy atom. The first-order valence-electron chi connectivity index (χ1n) is 10.3. The number of nitrogens with one attached hydrogen (secondary N) is 1. The van der Waals surface area contributed by atoms with Crippen LogP contribution in [0.2, 0.25) is 0 Å². The number of carbonyl (C=O) groups is 1. The van der Waals surface area contributed by atoms with Crippen LogP contribution in [0.25, 0.3) is 0 Å². The highest BCUT2D eigenvalue weighted by Crippen LogP contribution is 2.49. The summed E-state index contributed by atoms with van der Waals surface area (Å²) >= 11 is 0. The van der Waals surface area contributed by atoms with Gasteiger partial charge in [-0.15, -0.1) is 0 Å². The Bertz CT molecular complexity index is 790. The zero-order valence-corrected chi connectivity index (χ0v) is 16.9. The van der Waals surface area contributed by atoms with Crippen LogP contribution >= 0.6 is 0 Å². The van der Waals surface area contributed by atoms with E-state index in [9.17, 15) is 13.2 Å². The lowest BCUT2D eigenvalue weighted by molar-refractivity contribution is -0.117. The van der Waals surface area contributed by atoms with Crippen LogP contribution in [0, 0.1) is 23.7 Å². The molecule has 1 aliphatic heterocycles. The van der Waals surface area contributed by atoms with Crippen LogP contribution in [0.15, 0.2) is 29.2 Å². The second-order valence-electron chi connectivity index (χ2n) is 8.82. The molecule has 27 heavy (non-hydrogen) atoms. The summed E-state index contributed by atoms with van der Waals surface area (Å²) in [5, 5.41) is 2.95. The van der Waals surface area contributed by atoms with E-state index in [1.54, 1.807) is 28.6 Å². The smallest absolute Gasteiger partial charge is 0.243 e. The van der Waals surface area contributed by atoms with Crippen LogP contribution in [-0.2, 0) is 14.8 Å². The van der Waals surface area contributed by atoms with E-state index >= 15 is 0 Å². The molecule has 2 aliphatic carbocycles. The number of hydrogen-bond acceptors (Lipinski definition) is 3. The molecular formula is C21H30N2O3S. The third-order valence-electron chi connectivity index (χ3n) is 6.73. The largest absolute Gasteiger partial charge is 0.326 e. The summed E-state index contributed by atoms with van der Waals surface area (Å²) in [5.41, 5.74) is 0.675. The van der Waals surface area contributed by atoms with Crippen LogP contribution in [0.5, 0.6) is 0 Å². The van der Waals surface area contributed by atoms with Gasteiger partial charge in [-0.3, -0.25) is 4.79 Å². The lowest BCUT2D eigenvalue weighted by atomic mass is 9.86. The molecule has 3 aliphatic rings. The normalized spacial score (nSPS) is 31.1. The van der Waals surface area contributed by atoms with Gasteiger partial charge in [0.2, 0.25) is 15.9 Å². The Balaban J connectivity index is 1.36. The number of amides is 1. The predicted octanol–water partition coefficient (Wildman–Crippen LogP) is 3.87. The zero-order chi connectivity index (χ0) is 19.0. The SMILES string of the molecule is CC1CCCN(S(=O)(=O)c2ccc(NC(=O)CC3CC4CCC3C4)cc2)C1. The summed E-state index contributed by atoms with van der Waals surface area (Å²) in [6.07, 6.45) is 7.71. The fourth-order valence-electron chi connectivity index (χ4n) is 5.30. The third-order valence-corrected chi connectivity index (χ3v) is 8.61. The molecule has 3 fully saturated rings. The minimum Gasteiger partial charge on any atom is -0.326 e. The Hall–Kier alpha value is -1.40. The van der Waals surface area contributed by atoms with Gasteiger partial charge in [0.25, 0.3) is 0 Å². The summed E-state index contributed by atoms with van der Waals surface area (Å²) in [5.74, 6) is 2.56. The van der Waals surface area contributed by atoms with E-state index in [0.29, 0.717) is 41.9 Å². The first kappa shape index (κ1) is 18.9. The molecule has 6 heteroatoms. The molecule has 5 nitrogen and oxygen atoms in total. The van der Waals surface area contributed by atoms with Crippen molar-refractivity contribution in [3.63, 3.8) is 0 Å². The maximum absolute atomic E-state index is 12.8. The van der Waals surface area contributed by atoms with E-state index in [1.165, 1.54) is 25.7 Å². The lowest BCUT2D eigenvalue weighted by Gasteiger charge is -2.30. The number of fused-ring (bicyclic) bond motifs is 2. The Kier molecular flexibility index (Phi) is 5.30. The number of anilines is 1. The molecule has 1 aromatic rings. The summed E-state index contributed by atoms with van der Waals surface area (Å²) in [7, 11) is -3.44. The molecule has 1 aromatic carbocycles. The van der Waals surface area contributed by atoms with Crippen molar-refractivity contribution in [3.8, 4) is 0 Å². The topological polar surface area (TPSA) is 66.5 Å². The number of rotatable bonds is 5. The van der Waals surface area contributed by atoms with Crippen LogP contribution in [0.1, 0.15) is 51.9 Å². The minimum atomic E-state index is -3.44. The molecule has 4 atom stereocenters. The molecule has 2 saturated carbocycles. The highest BCUT2D eigenvalue weighted by molar-refractivity contribution is 7.89. The van der Waals surface area contributed by atoms with E-state index in [2.05, 4.69) is 12.2 Å². The first-order chi connectivity index (χ1) is 12.9. The van der Waals surface area contributed by atoms with Crippen molar-refractivity contribution in [2.75, 3.05) is 18.4 Å². The Labute approximate surface area is 162 Å². The van der Waals surface area contributed by atoms with Crippen molar-refractivity contribution in [2.45, 2.75) is 56.8 Å². The van der Waals surface area contributed by atoms with Gasteiger partial charge in [0, 0.05) is 25.2 Å². The third kappa shape index (κ3) is 4.06. The fraction of sp³-hybridized carbons (Fsp3) is 0.667. The molecule has 0 aromatic heterocycles. The molecule has 1 heterocycles. The van der Waals surface area contributed by atoms with Gasteiger partial charge in [0.1, 0.15) is 0 Å². The van der Waals surface area contributed by atoms with Gasteiger partial charge < -0.3 is 5.32 Å². The van der Waals surface area contributed by atoms with Gasteiger partial charge in [-0.05, 0) is 80.0 Å². The minimum absolute atomic E-state index is 0.0491. The van der Waals surface area contributed by atoms with Crippen molar-refractivity contribution in [1.82, 2.24) is 4.31 Å². The van der Waals surface area contributed by atoms with Gasteiger partial charge >= 0.3 is 0 Å². The second kappa shape index (κ2) is 7.55. The molecule has 4 rings (SSSR count). The van der Waals surface area contributed by atoms with Gasteiger partial charge in [0.05, 0.1) is 4.90 Å². The Morgan fingerprint density at radius 3 is 2.56 bits per heavy atom. The van der Waals surface area contributed by atoms with Crippen molar-refractivity contribution >= 4 is 21.6 Å². The van der Waals surface area contributed by atoms with E-state index in [4.69, 9.17) is 0 Å². The number of benzene rings is 1. The summed E-state index contributed by atoms with van der Waals surface area (Å²) in [6.45, 7) is 3.27. The van der Waals surface area contributed by atoms with Crippen molar-refractivity contribution in [2.24, 2.45) is 23.7 Å². The first-order valence-corrected chi connectivity index (χ1v) is 11.8. The quantitative estimate of drug-likeness (QED) is 0.830. The molecule has 2 bridgehead atoms. The monoisotopic (exact) mass is 390 g/mol. The molecule has 0 radical (unpaired) electrons. The number of sulfonamides is 1. The van der Waals surface area contributed by atoms with Gasteiger partial charge in [-0.25, -0.2) is 8.42 Å². The maximum atomic E-state index is 12.8. The Morgan fingerprint density at radius 2 is 1.93 bits per heavy atom. The average Bonchev–Trinajstić information content (AvgIpc) is 3.25. The van der Waals surface area contributed by atoms with Gasteiger partial charge in [0.15, 0.2) is 0 Å². The van der Waals surface area contributed by atoms with Crippen LogP contribution in [-0.4, -0.2) is 31.7 Å². The summed E-state index contributed by atoms with van der Waals surface area (Å²) < 4.78 is 27.2. The van der Waals surface area contributed by atoms with Crippen LogP contribution in [0.3, 0.4) is 0 Å². The highest BCUT2D eigenvalue weighted by Gasteiger charge is 2.40. The molecule has 4 unspecified atom stereocenters. The molecule has 1 N–H and O–H groups in total. The zero-order valence-electron chi connectivity index (χ0n) is 16.1. The predicted molar refractivity (Wildman–Crippen MR) is 106 cm³/mol. The molecule has 1 saturated heterocycles. The van der Waals surface area contributed by atoms with Gasteiger partial charge in [-0.1, -0.05) is 13.3 Å².